The van der Waals surface area contributed by atoms with Gasteiger partial charge in [0, 0.05) is 13.2 Å². The van der Waals surface area contributed by atoms with Crippen molar-refractivity contribution in [3.63, 3.8) is 0 Å². The maximum atomic E-state index is 10.3. The first kappa shape index (κ1) is 15.8. The molecule has 0 aromatic heterocycles. The second-order valence-corrected chi connectivity index (χ2v) is 5.70. The fourth-order valence-corrected chi connectivity index (χ4v) is 2.79. The molecule has 0 heterocycles. The minimum absolute atomic E-state index is 0.558. The highest BCUT2D eigenvalue weighted by Crippen LogP contribution is 2.28. The number of hydrogen-bond donors (Lipinski definition) is 3. The van der Waals surface area contributed by atoms with Crippen LogP contribution in [0.2, 0.25) is 0 Å². The number of carboxylic acid groups (broad SMARTS) is 1. The third-order valence-electron chi connectivity index (χ3n) is 4.02. The average Bonchev–Trinajstić information content (AvgIpc) is 2.50. The molecule has 1 aliphatic rings. The predicted molar refractivity (Wildman–Crippen MR) is 80.7 cm³/mol. The molecule has 2 rings (SSSR count). The third-order valence-corrected chi connectivity index (χ3v) is 4.02. The number of benzene rings is 1. The van der Waals surface area contributed by atoms with Crippen LogP contribution in [0.5, 0.6) is 0 Å². The molecule has 5 heteroatoms. The molecule has 1 aromatic rings. The van der Waals surface area contributed by atoms with Crippen LogP contribution in [0, 0.1) is 11.8 Å². The molecule has 0 radical (unpaired) electrons. The van der Waals surface area contributed by atoms with E-state index in [2.05, 4.69) is 23.0 Å². The normalized spacial score (nSPS) is 21.9. The van der Waals surface area contributed by atoms with Gasteiger partial charge in [-0.05, 0) is 43.1 Å². The summed E-state index contributed by atoms with van der Waals surface area (Å²) in [5.41, 5.74) is 6.17. The molecule has 1 fully saturated rings. The van der Waals surface area contributed by atoms with E-state index in [9.17, 15) is 4.79 Å². The number of amides is 1. The number of nitrogens with one attached hydrogen (secondary N) is 2. The van der Waals surface area contributed by atoms with Gasteiger partial charge in [-0.1, -0.05) is 30.3 Å². The zero-order chi connectivity index (χ0) is 14.9. The van der Waals surface area contributed by atoms with E-state index in [1.165, 1.54) is 5.56 Å². The lowest BCUT2D eigenvalue weighted by atomic mass is 9.82. The van der Waals surface area contributed by atoms with Crippen molar-refractivity contribution in [1.82, 2.24) is 10.9 Å². The molecule has 116 valence electrons. The number of carbonyl (C=O) groups is 1. The van der Waals surface area contributed by atoms with E-state index >= 15 is 0 Å². The Morgan fingerprint density at radius 1 is 1.14 bits per heavy atom. The van der Waals surface area contributed by atoms with Gasteiger partial charge in [0.05, 0.1) is 6.61 Å². The fraction of sp³-hybridized carbons (Fsp3) is 0.562. The molecule has 0 saturated heterocycles. The van der Waals surface area contributed by atoms with Gasteiger partial charge in [0.25, 0.3) is 0 Å². The maximum absolute atomic E-state index is 10.3. The minimum Gasteiger partial charge on any atom is -0.464 e. The zero-order valence-electron chi connectivity index (χ0n) is 12.3. The summed E-state index contributed by atoms with van der Waals surface area (Å²) in [6.45, 7) is 2.22. The summed E-state index contributed by atoms with van der Waals surface area (Å²) in [5.74, 6) is 1.19. The Hall–Kier alpha value is -1.59. The summed E-state index contributed by atoms with van der Waals surface area (Å²) in [6.07, 6.45) is 3.56. The Balaban J connectivity index is 1.55. The lowest BCUT2D eigenvalue weighted by Gasteiger charge is -2.28. The van der Waals surface area contributed by atoms with Crippen molar-refractivity contribution in [3.8, 4) is 0 Å². The quantitative estimate of drug-likeness (QED) is 0.676. The maximum Gasteiger partial charge on any atom is 0.419 e. The van der Waals surface area contributed by atoms with Gasteiger partial charge in [-0.25, -0.2) is 10.2 Å². The topological polar surface area (TPSA) is 70.6 Å². The third kappa shape index (κ3) is 6.14. The molecular formula is C16H24N2O3. The summed E-state index contributed by atoms with van der Waals surface area (Å²) in [6, 6.07) is 10.2. The Morgan fingerprint density at radius 3 is 2.48 bits per heavy atom. The molecule has 1 aromatic carbocycles. The lowest BCUT2D eigenvalue weighted by Crippen LogP contribution is -2.40. The van der Waals surface area contributed by atoms with Crippen LogP contribution in [0.3, 0.4) is 0 Å². The van der Waals surface area contributed by atoms with E-state index in [-0.39, 0.29) is 0 Å². The molecule has 0 unspecified atom stereocenters. The number of hydrogen-bond acceptors (Lipinski definition) is 3. The Morgan fingerprint density at radius 2 is 1.81 bits per heavy atom. The smallest absolute Gasteiger partial charge is 0.419 e. The summed E-state index contributed by atoms with van der Waals surface area (Å²) in [4.78, 5) is 10.3. The van der Waals surface area contributed by atoms with Crippen molar-refractivity contribution in [2.45, 2.75) is 32.3 Å². The molecule has 0 spiro atoms. The van der Waals surface area contributed by atoms with Crippen LogP contribution in [0.25, 0.3) is 0 Å². The SMILES string of the molecule is O=C(O)NNCC1CCC(COCc2ccccc2)CC1. The van der Waals surface area contributed by atoms with Crippen molar-refractivity contribution >= 4 is 6.09 Å². The highest BCUT2D eigenvalue weighted by molar-refractivity contribution is 5.63. The Kier molecular flexibility index (Phi) is 6.50. The van der Waals surface area contributed by atoms with Crippen LogP contribution in [0.1, 0.15) is 31.2 Å². The molecule has 21 heavy (non-hydrogen) atoms. The molecule has 0 bridgehead atoms. The molecule has 3 N–H and O–H groups in total. The van der Waals surface area contributed by atoms with Gasteiger partial charge in [0.2, 0.25) is 0 Å². The van der Waals surface area contributed by atoms with E-state index in [0.717, 1.165) is 32.3 Å². The molecule has 5 nitrogen and oxygen atoms in total. The van der Waals surface area contributed by atoms with E-state index in [4.69, 9.17) is 9.84 Å². The monoisotopic (exact) mass is 292 g/mol. The van der Waals surface area contributed by atoms with Gasteiger partial charge in [0.15, 0.2) is 0 Å². The Labute approximate surface area is 125 Å². The van der Waals surface area contributed by atoms with Crippen molar-refractivity contribution in [1.29, 1.82) is 0 Å². The molecule has 1 amide bonds. The van der Waals surface area contributed by atoms with Crippen LogP contribution in [-0.2, 0) is 11.3 Å². The van der Waals surface area contributed by atoms with Crippen LogP contribution in [0.4, 0.5) is 4.79 Å². The standard InChI is InChI=1S/C16H24N2O3/c19-16(20)18-17-10-13-6-8-15(9-7-13)12-21-11-14-4-2-1-3-5-14/h1-5,13,15,17-18H,6-12H2,(H,19,20). The van der Waals surface area contributed by atoms with E-state index in [1.807, 2.05) is 18.2 Å². The fourth-order valence-electron chi connectivity index (χ4n) is 2.79. The van der Waals surface area contributed by atoms with Crippen LogP contribution in [-0.4, -0.2) is 24.4 Å². The van der Waals surface area contributed by atoms with Crippen LogP contribution < -0.4 is 10.9 Å². The summed E-state index contributed by atoms with van der Waals surface area (Å²) < 4.78 is 5.80. The lowest BCUT2D eigenvalue weighted by molar-refractivity contribution is 0.0667. The molecule has 0 aliphatic heterocycles. The number of hydrazine groups is 1. The highest BCUT2D eigenvalue weighted by atomic mass is 16.5. The van der Waals surface area contributed by atoms with Gasteiger partial charge in [-0.15, -0.1) is 0 Å². The average molecular weight is 292 g/mol. The highest BCUT2D eigenvalue weighted by Gasteiger charge is 2.21. The zero-order valence-corrected chi connectivity index (χ0v) is 12.3. The van der Waals surface area contributed by atoms with Gasteiger partial charge in [-0.3, -0.25) is 5.43 Å². The largest absolute Gasteiger partial charge is 0.464 e. The number of ether oxygens (including phenoxy) is 1. The first-order valence-corrected chi connectivity index (χ1v) is 7.57. The van der Waals surface area contributed by atoms with Gasteiger partial charge in [-0.2, -0.15) is 0 Å². The molecular weight excluding hydrogens is 268 g/mol. The number of rotatable bonds is 7. The molecule has 1 saturated carbocycles. The summed E-state index contributed by atoms with van der Waals surface area (Å²) in [5, 5.41) is 8.49. The van der Waals surface area contributed by atoms with E-state index in [0.29, 0.717) is 25.0 Å². The van der Waals surface area contributed by atoms with Crippen molar-refractivity contribution in [2.75, 3.05) is 13.2 Å². The summed E-state index contributed by atoms with van der Waals surface area (Å²) >= 11 is 0. The first-order chi connectivity index (χ1) is 10.2. The van der Waals surface area contributed by atoms with Gasteiger partial charge >= 0.3 is 6.09 Å². The van der Waals surface area contributed by atoms with Crippen LogP contribution in [0.15, 0.2) is 30.3 Å². The Bertz CT molecular complexity index is 417. The summed E-state index contributed by atoms with van der Waals surface area (Å²) in [7, 11) is 0. The first-order valence-electron chi connectivity index (χ1n) is 7.57. The van der Waals surface area contributed by atoms with E-state index < -0.39 is 6.09 Å². The van der Waals surface area contributed by atoms with Crippen molar-refractivity contribution in [3.05, 3.63) is 35.9 Å². The second kappa shape index (κ2) is 8.64. The van der Waals surface area contributed by atoms with Gasteiger partial charge in [0.1, 0.15) is 0 Å². The van der Waals surface area contributed by atoms with Crippen molar-refractivity contribution < 1.29 is 14.6 Å². The molecule has 0 atom stereocenters. The molecule has 1 aliphatic carbocycles. The predicted octanol–water partition coefficient (Wildman–Crippen LogP) is 2.78. The van der Waals surface area contributed by atoms with Crippen molar-refractivity contribution in [2.24, 2.45) is 11.8 Å². The van der Waals surface area contributed by atoms with E-state index in [1.54, 1.807) is 0 Å². The van der Waals surface area contributed by atoms with Gasteiger partial charge < -0.3 is 9.84 Å². The second-order valence-electron chi connectivity index (χ2n) is 5.70. The van der Waals surface area contributed by atoms with Crippen LogP contribution >= 0.6 is 0 Å². The minimum atomic E-state index is -1.03.